The zero-order valence-electron chi connectivity index (χ0n) is 14.8. The van der Waals surface area contributed by atoms with E-state index >= 15 is 0 Å². The van der Waals surface area contributed by atoms with E-state index in [1.54, 1.807) is 6.07 Å². The molecule has 0 aliphatic carbocycles. The summed E-state index contributed by atoms with van der Waals surface area (Å²) in [6, 6.07) is 4.26. The third-order valence-corrected chi connectivity index (χ3v) is 3.29. The summed E-state index contributed by atoms with van der Waals surface area (Å²) < 4.78 is 2.90. The van der Waals surface area contributed by atoms with Crippen LogP contribution in [0.25, 0.3) is 0 Å². The summed E-state index contributed by atoms with van der Waals surface area (Å²) in [5.41, 5.74) is 1.95. The molecule has 0 saturated heterocycles. The number of hydrogen-bond donors (Lipinski definition) is 2. The van der Waals surface area contributed by atoms with Crippen LogP contribution in [0.3, 0.4) is 0 Å². The minimum atomic E-state index is -2.40. The van der Waals surface area contributed by atoms with Crippen molar-refractivity contribution in [2.24, 2.45) is 0 Å². The van der Waals surface area contributed by atoms with E-state index in [1.807, 2.05) is 24.7 Å². The Labute approximate surface area is 139 Å². The van der Waals surface area contributed by atoms with Crippen LogP contribution in [0.5, 0.6) is 0 Å². The maximum absolute atomic E-state index is 8.92. The van der Waals surface area contributed by atoms with Gasteiger partial charge in [0.25, 0.3) is 0 Å². The number of nitrogens with zero attached hydrogens (tertiary/aromatic N) is 4. The summed E-state index contributed by atoms with van der Waals surface area (Å²) in [4.78, 5) is 0. The van der Waals surface area contributed by atoms with Gasteiger partial charge in [0, 0.05) is 18.4 Å². The van der Waals surface area contributed by atoms with E-state index in [2.05, 4.69) is 44.0 Å². The fourth-order valence-corrected chi connectivity index (χ4v) is 1.78. The average Bonchev–Trinajstić information content (AvgIpc) is 3.08. The molecule has 2 heterocycles. The summed E-state index contributed by atoms with van der Waals surface area (Å²) in [6.45, 7) is 12.5. The molecule has 0 aliphatic rings. The van der Waals surface area contributed by atoms with E-state index in [9.17, 15) is 0 Å². The summed E-state index contributed by atoms with van der Waals surface area (Å²) in [7, 11) is 4.98. The second-order valence-corrected chi connectivity index (χ2v) is 6.50. The highest BCUT2D eigenvalue weighted by Gasteiger charge is 2.18. The molecule has 2 N–H and O–H groups in total. The number of aromatic nitrogens is 4. The maximum atomic E-state index is 8.92. The van der Waals surface area contributed by atoms with Crippen LogP contribution in [-0.2, 0) is 5.81 Å². The van der Waals surface area contributed by atoms with Gasteiger partial charge in [0.1, 0.15) is 0 Å². The van der Waals surface area contributed by atoms with Crippen molar-refractivity contribution in [2.45, 2.75) is 65.2 Å². The van der Waals surface area contributed by atoms with Crippen molar-refractivity contribution in [2.75, 3.05) is 0 Å². The lowest BCUT2D eigenvalue weighted by atomic mass is 10.1. The van der Waals surface area contributed by atoms with Crippen LogP contribution in [-0.4, -0.2) is 37.6 Å². The molecule has 0 unspecified atom stereocenters. The highest BCUT2D eigenvalue weighted by molar-refractivity contribution is 6.10. The lowest BCUT2D eigenvalue weighted by Gasteiger charge is -2.16. The summed E-state index contributed by atoms with van der Waals surface area (Å²) in [6.07, 6.45) is 3.47. The van der Waals surface area contributed by atoms with Crippen molar-refractivity contribution in [3.8, 4) is 0 Å². The molecule has 126 valence electrons. The maximum Gasteiger partial charge on any atom is 0.208 e. The molecular formula is C16H27BN4O2. The van der Waals surface area contributed by atoms with Gasteiger partial charge in [-0.3, -0.25) is 4.68 Å². The topological polar surface area (TPSA) is 76.1 Å². The molecule has 0 aromatic carbocycles. The predicted molar refractivity (Wildman–Crippen MR) is 91.2 cm³/mol. The van der Waals surface area contributed by atoms with Crippen LogP contribution in [0, 0.1) is 0 Å². The van der Waals surface area contributed by atoms with E-state index in [0.717, 1.165) is 10.4 Å². The number of hydrogen-bond acceptors (Lipinski definition) is 4. The first-order valence-electron chi connectivity index (χ1n) is 7.87. The highest BCUT2D eigenvalue weighted by Crippen LogP contribution is 2.13. The van der Waals surface area contributed by atoms with E-state index in [0.29, 0.717) is 12.0 Å². The van der Waals surface area contributed by atoms with E-state index in [1.165, 1.54) is 11.9 Å². The molecule has 0 bridgehead atoms. The fraction of sp³-hybridized carbons (Fsp3) is 0.625. The van der Waals surface area contributed by atoms with Gasteiger partial charge in [-0.25, -0.2) is 4.68 Å². The largest absolute Gasteiger partial charge is 0.356 e. The van der Waals surface area contributed by atoms with Crippen molar-refractivity contribution >= 4 is 7.85 Å². The van der Waals surface area contributed by atoms with Crippen LogP contribution in [0.4, 0.5) is 0 Å². The molecule has 2 aromatic rings. The van der Waals surface area contributed by atoms with Gasteiger partial charge in [-0.2, -0.15) is 10.2 Å². The van der Waals surface area contributed by atoms with Crippen molar-refractivity contribution in [1.29, 1.82) is 0 Å². The second-order valence-electron chi connectivity index (χ2n) is 6.50. The Morgan fingerprint density at radius 3 is 1.65 bits per heavy atom. The molecule has 23 heavy (non-hydrogen) atoms. The summed E-state index contributed by atoms with van der Waals surface area (Å²) >= 11 is 0. The van der Waals surface area contributed by atoms with Gasteiger partial charge < -0.3 is 10.2 Å². The molecule has 2 radical (unpaired) electrons. The molecule has 6 nitrogen and oxygen atoms in total. The minimum absolute atomic E-state index is 0.244. The molecule has 7 heteroatoms. The monoisotopic (exact) mass is 318 g/mol. The Hall–Kier alpha value is -1.60. The number of aliphatic hydroxyl groups is 2. The highest BCUT2D eigenvalue weighted by atomic mass is 16.5. The molecule has 0 atom stereocenters. The van der Waals surface area contributed by atoms with Gasteiger partial charge in [-0.1, -0.05) is 27.7 Å². The van der Waals surface area contributed by atoms with Crippen molar-refractivity contribution in [3.63, 3.8) is 0 Å². The van der Waals surface area contributed by atoms with Crippen molar-refractivity contribution in [1.82, 2.24) is 19.6 Å². The quantitative estimate of drug-likeness (QED) is 0.670. The normalized spacial score (nSPS) is 12.0. The molecule has 2 aromatic heterocycles. The van der Waals surface area contributed by atoms with Gasteiger partial charge in [0.05, 0.1) is 11.4 Å². The third-order valence-electron chi connectivity index (χ3n) is 3.29. The molecule has 2 rings (SSSR count). The van der Waals surface area contributed by atoms with Crippen LogP contribution < -0.4 is 0 Å². The fourth-order valence-electron chi connectivity index (χ4n) is 1.78. The van der Waals surface area contributed by atoms with Crippen LogP contribution >= 0.6 is 0 Å². The van der Waals surface area contributed by atoms with E-state index in [-0.39, 0.29) is 5.92 Å². The summed E-state index contributed by atoms with van der Waals surface area (Å²) in [5, 5.41) is 26.1. The predicted octanol–water partition coefficient (Wildman–Crippen LogP) is 2.31. The van der Waals surface area contributed by atoms with E-state index in [4.69, 9.17) is 18.1 Å². The standard InChI is InChI=1S/C9H16N2.C7H11BN2O2/c1-7(2)9-5-6-11(10-9)8(3)4;1-5(2)6-3-4-10(9-6)7(8,11)12/h5-8H,1-4H3;3-5,11-12H,1-2H3. The van der Waals surface area contributed by atoms with Crippen LogP contribution in [0.1, 0.15) is 70.8 Å². The lowest BCUT2D eigenvalue weighted by Crippen LogP contribution is -2.33. The minimum Gasteiger partial charge on any atom is -0.356 e. The molecule has 0 fully saturated rings. The molecule has 0 aliphatic heterocycles. The summed E-state index contributed by atoms with van der Waals surface area (Å²) in [5.74, 6) is -1.61. The first kappa shape index (κ1) is 19.5. The lowest BCUT2D eigenvalue weighted by molar-refractivity contribution is -0.160. The van der Waals surface area contributed by atoms with Gasteiger partial charge in [-0.15, -0.1) is 0 Å². The second kappa shape index (κ2) is 7.79. The Bertz CT molecular complexity index is 575. The Morgan fingerprint density at radius 1 is 0.913 bits per heavy atom. The van der Waals surface area contributed by atoms with E-state index < -0.39 is 5.81 Å². The van der Waals surface area contributed by atoms with Crippen molar-refractivity contribution in [3.05, 3.63) is 35.9 Å². The third kappa shape index (κ3) is 5.84. The van der Waals surface area contributed by atoms with Gasteiger partial charge in [0.2, 0.25) is 5.81 Å². The Kier molecular flexibility index (Phi) is 6.59. The van der Waals surface area contributed by atoms with Gasteiger partial charge >= 0.3 is 0 Å². The molecule has 0 saturated carbocycles. The first-order chi connectivity index (χ1) is 10.5. The van der Waals surface area contributed by atoms with Crippen LogP contribution in [0.15, 0.2) is 24.5 Å². The van der Waals surface area contributed by atoms with Gasteiger partial charge in [0.15, 0.2) is 7.85 Å². The van der Waals surface area contributed by atoms with Crippen LogP contribution in [0.2, 0.25) is 0 Å². The molecule has 0 amide bonds. The molecular weight excluding hydrogens is 291 g/mol. The Morgan fingerprint density at radius 2 is 1.39 bits per heavy atom. The van der Waals surface area contributed by atoms with Crippen molar-refractivity contribution < 1.29 is 10.2 Å². The SMILES string of the molecule is CC(C)c1ccn(C(C)C)n1.[B]C(O)(O)n1ccc(C(C)C)n1. The average molecular weight is 318 g/mol. The molecule has 0 spiro atoms. The zero-order valence-corrected chi connectivity index (χ0v) is 14.8. The first-order valence-corrected chi connectivity index (χ1v) is 7.87. The number of rotatable bonds is 4. The van der Waals surface area contributed by atoms with Gasteiger partial charge in [-0.05, 0) is 37.8 Å². The Balaban J connectivity index is 0.000000231. The zero-order chi connectivity index (χ0) is 17.8. The smallest absolute Gasteiger partial charge is 0.208 e.